The van der Waals surface area contributed by atoms with Crippen LogP contribution in [0.1, 0.15) is 30.9 Å². The number of rotatable bonds is 10. The fourth-order valence-electron chi connectivity index (χ4n) is 3.68. The number of piperazine rings is 1. The van der Waals surface area contributed by atoms with Crippen molar-refractivity contribution in [1.29, 1.82) is 0 Å². The molecule has 2 aromatic rings. The normalized spacial score (nSPS) is 15.5. The van der Waals surface area contributed by atoms with Crippen LogP contribution < -0.4 is 10.6 Å². The number of halogens is 1. The molecule has 0 amide bonds. The van der Waals surface area contributed by atoms with Crippen LogP contribution in [0.25, 0.3) is 0 Å². The van der Waals surface area contributed by atoms with Crippen molar-refractivity contribution < 1.29 is 0 Å². The molecule has 172 valence electrons. The number of hydrogen-bond acceptors (Lipinski definition) is 4. The van der Waals surface area contributed by atoms with Gasteiger partial charge in [0.15, 0.2) is 5.96 Å². The lowest BCUT2D eigenvalue weighted by atomic mass is 10.1. The van der Waals surface area contributed by atoms with Crippen LogP contribution in [0.5, 0.6) is 0 Å². The average molecular weight is 540 g/mol. The van der Waals surface area contributed by atoms with E-state index in [4.69, 9.17) is 4.99 Å². The van der Waals surface area contributed by atoms with Gasteiger partial charge in [-0.2, -0.15) is 5.10 Å². The lowest BCUT2D eigenvalue weighted by molar-refractivity contribution is 0.152. The maximum absolute atomic E-state index is 4.82. The highest BCUT2D eigenvalue weighted by Crippen LogP contribution is 2.11. The highest BCUT2D eigenvalue weighted by atomic mass is 127. The first-order chi connectivity index (χ1) is 14.7. The Morgan fingerprint density at radius 3 is 2.52 bits per heavy atom. The molecule has 3 rings (SSSR count). The van der Waals surface area contributed by atoms with Crippen molar-refractivity contribution in [1.82, 2.24) is 30.2 Å². The van der Waals surface area contributed by atoms with E-state index in [0.29, 0.717) is 6.54 Å². The molecule has 1 aromatic carbocycles. The van der Waals surface area contributed by atoms with Crippen molar-refractivity contribution in [3.05, 3.63) is 53.9 Å². The lowest BCUT2D eigenvalue weighted by Gasteiger charge is -2.32. The average Bonchev–Trinajstić information content (AvgIpc) is 3.27. The Morgan fingerprint density at radius 1 is 1.03 bits per heavy atom. The minimum Gasteiger partial charge on any atom is -0.357 e. The van der Waals surface area contributed by atoms with E-state index in [9.17, 15) is 0 Å². The highest BCUT2D eigenvalue weighted by Gasteiger charge is 2.12. The van der Waals surface area contributed by atoms with Crippen LogP contribution in [-0.4, -0.2) is 78.4 Å². The van der Waals surface area contributed by atoms with Gasteiger partial charge in [-0.1, -0.05) is 24.3 Å². The van der Waals surface area contributed by atoms with Gasteiger partial charge in [0.2, 0.25) is 0 Å². The van der Waals surface area contributed by atoms with Crippen LogP contribution in [0.3, 0.4) is 0 Å². The van der Waals surface area contributed by atoms with E-state index in [0.717, 1.165) is 32.0 Å². The van der Waals surface area contributed by atoms with Crippen molar-refractivity contribution >= 4 is 29.9 Å². The Bertz CT molecular complexity index is 755. The predicted octanol–water partition coefficient (Wildman–Crippen LogP) is 2.63. The summed E-state index contributed by atoms with van der Waals surface area (Å²) in [5.41, 5.74) is 2.49. The number of aromatic nitrogens is 2. The molecule has 1 aromatic heterocycles. The largest absolute Gasteiger partial charge is 0.357 e. The van der Waals surface area contributed by atoms with E-state index >= 15 is 0 Å². The molecule has 0 bridgehead atoms. The van der Waals surface area contributed by atoms with Gasteiger partial charge in [-0.05, 0) is 50.6 Å². The lowest BCUT2D eigenvalue weighted by Crippen LogP contribution is -2.44. The molecular weight excluding hydrogens is 501 g/mol. The summed E-state index contributed by atoms with van der Waals surface area (Å²) < 4.78 is 1.95. The molecule has 8 heteroatoms. The molecule has 1 fully saturated rings. The Hall–Kier alpha value is -1.65. The minimum atomic E-state index is 0. The molecule has 0 radical (unpaired) electrons. The Kier molecular flexibility index (Phi) is 11.9. The monoisotopic (exact) mass is 539 g/mol. The first kappa shape index (κ1) is 25.6. The predicted molar refractivity (Wildman–Crippen MR) is 139 cm³/mol. The molecular formula is C23H38IN7. The van der Waals surface area contributed by atoms with Gasteiger partial charge in [-0.15, -0.1) is 24.0 Å². The Labute approximate surface area is 204 Å². The van der Waals surface area contributed by atoms with Crippen molar-refractivity contribution in [2.24, 2.45) is 4.99 Å². The van der Waals surface area contributed by atoms with Crippen molar-refractivity contribution in [3.63, 3.8) is 0 Å². The van der Waals surface area contributed by atoms with Crippen LogP contribution >= 0.6 is 24.0 Å². The van der Waals surface area contributed by atoms with Gasteiger partial charge < -0.3 is 20.4 Å². The molecule has 2 heterocycles. The SMILES string of the molecule is CCNC(=NCc1ccccc1Cn1cccn1)NCCCCN1CCN(C)CC1.I. The van der Waals surface area contributed by atoms with Gasteiger partial charge in [0, 0.05) is 51.7 Å². The summed E-state index contributed by atoms with van der Waals surface area (Å²) >= 11 is 0. The molecule has 1 aliphatic heterocycles. The number of likely N-dealkylation sites (N-methyl/N-ethyl adjacent to an activating group) is 1. The fraction of sp³-hybridized carbons (Fsp3) is 0.565. The summed E-state index contributed by atoms with van der Waals surface area (Å²) in [4.78, 5) is 9.80. The summed E-state index contributed by atoms with van der Waals surface area (Å²) in [6.07, 6.45) is 6.20. The van der Waals surface area contributed by atoms with E-state index < -0.39 is 0 Å². The van der Waals surface area contributed by atoms with Gasteiger partial charge in [0.25, 0.3) is 0 Å². The molecule has 0 aliphatic carbocycles. The third-order valence-corrected chi connectivity index (χ3v) is 5.55. The molecule has 0 spiro atoms. The molecule has 1 saturated heterocycles. The van der Waals surface area contributed by atoms with E-state index in [1.807, 2.05) is 23.1 Å². The first-order valence-corrected chi connectivity index (χ1v) is 11.2. The van der Waals surface area contributed by atoms with Crippen LogP contribution in [-0.2, 0) is 13.1 Å². The van der Waals surface area contributed by atoms with Crippen molar-refractivity contribution in [3.8, 4) is 0 Å². The summed E-state index contributed by atoms with van der Waals surface area (Å²) in [6, 6.07) is 10.4. The Balaban J connectivity index is 0.00000341. The number of benzene rings is 1. The van der Waals surface area contributed by atoms with E-state index in [1.165, 1.54) is 50.3 Å². The number of hydrogen-bond donors (Lipinski definition) is 2. The minimum absolute atomic E-state index is 0. The number of unbranched alkanes of at least 4 members (excludes halogenated alkanes) is 1. The standard InChI is InChI=1S/C23H37N7.HI/c1-3-24-23(25-11-6-7-13-29-17-15-28(2)16-18-29)26-19-21-9-4-5-10-22(21)20-30-14-8-12-27-30;/h4-5,8-10,12,14H,3,6-7,11,13,15-20H2,1-2H3,(H2,24,25,26);1H. The highest BCUT2D eigenvalue weighted by molar-refractivity contribution is 14.0. The second-order valence-corrected chi connectivity index (χ2v) is 7.95. The zero-order valence-corrected chi connectivity index (χ0v) is 21.3. The topological polar surface area (TPSA) is 60.7 Å². The second kappa shape index (κ2) is 14.4. The number of guanidine groups is 1. The van der Waals surface area contributed by atoms with Gasteiger partial charge in [-0.3, -0.25) is 4.68 Å². The summed E-state index contributed by atoms with van der Waals surface area (Å²) in [7, 11) is 2.21. The molecule has 7 nitrogen and oxygen atoms in total. The maximum Gasteiger partial charge on any atom is 0.191 e. The molecule has 0 saturated carbocycles. The van der Waals surface area contributed by atoms with E-state index in [-0.39, 0.29) is 24.0 Å². The first-order valence-electron chi connectivity index (χ1n) is 11.2. The number of nitrogens with zero attached hydrogens (tertiary/aromatic N) is 5. The summed E-state index contributed by atoms with van der Waals surface area (Å²) in [6.45, 7) is 11.3. The van der Waals surface area contributed by atoms with Crippen LogP contribution in [0.4, 0.5) is 0 Å². The van der Waals surface area contributed by atoms with Gasteiger partial charge in [0.1, 0.15) is 0 Å². The van der Waals surface area contributed by atoms with E-state index in [2.05, 4.69) is 63.8 Å². The molecule has 31 heavy (non-hydrogen) atoms. The second-order valence-electron chi connectivity index (χ2n) is 7.95. The Morgan fingerprint density at radius 2 is 1.81 bits per heavy atom. The van der Waals surface area contributed by atoms with Crippen LogP contribution in [0, 0.1) is 0 Å². The van der Waals surface area contributed by atoms with Crippen LogP contribution in [0.2, 0.25) is 0 Å². The fourth-order valence-corrected chi connectivity index (χ4v) is 3.68. The smallest absolute Gasteiger partial charge is 0.191 e. The molecule has 1 aliphatic rings. The summed E-state index contributed by atoms with van der Waals surface area (Å²) in [5.74, 6) is 0.894. The van der Waals surface area contributed by atoms with Crippen molar-refractivity contribution in [2.75, 3.05) is 52.9 Å². The zero-order valence-electron chi connectivity index (χ0n) is 19.0. The third kappa shape index (κ3) is 9.16. The van der Waals surface area contributed by atoms with Gasteiger partial charge in [-0.25, -0.2) is 4.99 Å². The molecule has 2 N–H and O–H groups in total. The zero-order chi connectivity index (χ0) is 21.0. The van der Waals surface area contributed by atoms with Crippen LogP contribution in [0.15, 0.2) is 47.7 Å². The summed E-state index contributed by atoms with van der Waals surface area (Å²) in [5, 5.41) is 11.2. The maximum atomic E-state index is 4.82. The van der Waals surface area contributed by atoms with Gasteiger partial charge in [0.05, 0.1) is 13.1 Å². The quantitative estimate of drug-likeness (QED) is 0.211. The molecule has 0 unspecified atom stereocenters. The number of aliphatic imine (C=N–C) groups is 1. The van der Waals surface area contributed by atoms with Gasteiger partial charge >= 0.3 is 0 Å². The number of nitrogens with one attached hydrogen (secondary N) is 2. The third-order valence-electron chi connectivity index (χ3n) is 5.55. The molecule has 0 atom stereocenters. The van der Waals surface area contributed by atoms with Crippen molar-refractivity contribution in [2.45, 2.75) is 32.9 Å². The van der Waals surface area contributed by atoms with E-state index in [1.54, 1.807) is 0 Å².